The summed E-state index contributed by atoms with van der Waals surface area (Å²) in [6.07, 6.45) is 0. The Morgan fingerprint density at radius 3 is 1.90 bits per heavy atom. The number of rotatable bonds is 5. The fraction of sp³-hybridized carbons (Fsp3) is 0.562. The largest absolute Gasteiger partial charge is 0.383 e. The van der Waals surface area contributed by atoms with E-state index >= 15 is 0 Å². The zero-order valence-electron chi connectivity index (χ0n) is 13.8. The zero-order valence-corrected chi connectivity index (χ0v) is 14.6. The number of ether oxygens (including phenoxy) is 1. The van der Waals surface area contributed by atoms with Crippen LogP contribution < -0.4 is 11.1 Å². The van der Waals surface area contributed by atoms with E-state index in [4.69, 9.17) is 10.5 Å². The van der Waals surface area contributed by atoms with Gasteiger partial charge in [-0.05, 0) is 68.0 Å². The molecule has 3 N–H and O–H groups in total. The first-order chi connectivity index (χ1) is 9.31. The fourth-order valence-electron chi connectivity index (χ4n) is 2.40. The van der Waals surface area contributed by atoms with E-state index in [0.29, 0.717) is 6.54 Å². The minimum absolute atomic E-state index is 0. The molecule has 0 heterocycles. The van der Waals surface area contributed by atoms with Crippen molar-refractivity contribution in [1.82, 2.24) is 5.32 Å². The second kappa shape index (κ2) is 8.37. The Kier molecular flexibility index (Phi) is 7.93. The molecule has 1 aromatic carbocycles. The molecule has 0 fully saturated rings. The van der Waals surface area contributed by atoms with Crippen molar-refractivity contribution in [2.45, 2.75) is 47.2 Å². The monoisotopic (exact) mass is 314 g/mol. The molecule has 0 radical (unpaired) electrons. The van der Waals surface area contributed by atoms with Gasteiger partial charge in [0.1, 0.15) is 6.04 Å². The number of halogens is 1. The SMILES string of the molecule is COCC(N)C(=O)NCc1c(C)c(C)c(C)c(C)c1C.Cl. The predicted octanol–water partition coefficient (Wildman–Crippen LogP) is 2.24. The van der Waals surface area contributed by atoms with Crippen molar-refractivity contribution in [2.75, 3.05) is 13.7 Å². The molecule has 0 aliphatic heterocycles. The first kappa shape index (κ1) is 19.9. The summed E-state index contributed by atoms with van der Waals surface area (Å²) in [6, 6.07) is -0.617. The summed E-state index contributed by atoms with van der Waals surface area (Å²) in [7, 11) is 1.54. The van der Waals surface area contributed by atoms with Gasteiger partial charge in [-0.1, -0.05) is 0 Å². The van der Waals surface area contributed by atoms with Crippen molar-refractivity contribution in [1.29, 1.82) is 0 Å². The minimum atomic E-state index is -0.617. The lowest BCUT2D eigenvalue weighted by Crippen LogP contribution is -2.43. The van der Waals surface area contributed by atoms with E-state index in [1.165, 1.54) is 40.5 Å². The third-order valence-corrected chi connectivity index (χ3v) is 4.28. The topological polar surface area (TPSA) is 64.3 Å². The molecule has 1 aromatic rings. The van der Waals surface area contributed by atoms with E-state index in [2.05, 4.69) is 39.9 Å². The van der Waals surface area contributed by atoms with Crippen LogP contribution in [0.2, 0.25) is 0 Å². The van der Waals surface area contributed by atoms with Gasteiger partial charge in [0, 0.05) is 13.7 Å². The lowest BCUT2D eigenvalue weighted by Gasteiger charge is -2.20. The summed E-state index contributed by atoms with van der Waals surface area (Å²) in [6.45, 7) is 11.3. The molecule has 21 heavy (non-hydrogen) atoms. The highest BCUT2D eigenvalue weighted by Gasteiger charge is 2.16. The van der Waals surface area contributed by atoms with Crippen molar-refractivity contribution >= 4 is 18.3 Å². The molecular weight excluding hydrogens is 288 g/mol. The Bertz CT molecular complexity index is 486. The average Bonchev–Trinajstić information content (AvgIpc) is 2.43. The Morgan fingerprint density at radius 1 is 1.05 bits per heavy atom. The summed E-state index contributed by atoms with van der Waals surface area (Å²) in [5, 5.41) is 2.90. The highest BCUT2D eigenvalue weighted by atomic mass is 35.5. The second-order valence-corrected chi connectivity index (χ2v) is 5.38. The van der Waals surface area contributed by atoms with Crippen LogP contribution in [0.1, 0.15) is 33.4 Å². The molecule has 5 heteroatoms. The number of nitrogens with one attached hydrogen (secondary N) is 1. The van der Waals surface area contributed by atoms with Gasteiger partial charge in [-0.2, -0.15) is 0 Å². The van der Waals surface area contributed by atoms with Crippen LogP contribution in [0.3, 0.4) is 0 Å². The third-order valence-electron chi connectivity index (χ3n) is 4.28. The number of carbonyl (C=O) groups excluding carboxylic acids is 1. The molecule has 0 aromatic heterocycles. The van der Waals surface area contributed by atoms with E-state index in [-0.39, 0.29) is 24.9 Å². The third kappa shape index (κ3) is 4.43. The van der Waals surface area contributed by atoms with E-state index in [1.807, 2.05) is 0 Å². The van der Waals surface area contributed by atoms with Crippen molar-refractivity contribution in [3.05, 3.63) is 33.4 Å². The van der Waals surface area contributed by atoms with Gasteiger partial charge in [0.15, 0.2) is 0 Å². The maximum Gasteiger partial charge on any atom is 0.239 e. The Labute approximate surface area is 133 Å². The van der Waals surface area contributed by atoms with Gasteiger partial charge < -0.3 is 15.8 Å². The minimum Gasteiger partial charge on any atom is -0.383 e. The van der Waals surface area contributed by atoms with Crippen LogP contribution in [0.4, 0.5) is 0 Å². The predicted molar refractivity (Wildman–Crippen MR) is 89.1 cm³/mol. The molecule has 1 amide bonds. The molecule has 4 nitrogen and oxygen atoms in total. The molecule has 0 spiro atoms. The molecule has 0 saturated carbocycles. The van der Waals surface area contributed by atoms with Crippen molar-refractivity contribution < 1.29 is 9.53 Å². The number of hydrogen-bond acceptors (Lipinski definition) is 3. The van der Waals surface area contributed by atoms with Gasteiger partial charge in [-0.15, -0.1) is 12.4 Å². The quantitative estimate of drug-likeness (QED) is 0.876. The van der Waals surface area contributed by atoms with Crippen LogP contribution in [0, 0.1) is 34.6 Å². The van der Waals surface area contributed by atoms with Crippen LogP contribution in [0.5, 0.6) is 0 Å². The van der Waals surface area contributed by atoms with E-state index < -0.39 is 6.04 Å². The molecule has 1 atom stereocenters. The van der Waals surface area contributed by atoms with Gasteiger partial charge in [0.05, 0.1) is 6.61 Å². The van der Waals surface area contributed by atoms with Crippen LogP contribution in [-0.4, -0.2) is 25.7 Å². The highest BCUT2D eigenvalue weighted by Crippen LogP contribution is 2.25. The summed E-state index contributed by atoms with van der Waals surface area (Å²) in [5.41, 5.74) is 13.3. The zero-order chi connectivity index (χ0) is 15.4. The maximum atomic E-state index is 11.8. The second-order valence-electron chi connectivity index (χ2n) is 5.38. The summed E-state index contributed by atoms with van der Waals surface area (Å²) in [5.74, 6) is -0.179. The van der Waals surface area contributed by atoms with Gasteiger partial charge in [0.25, 0.3) is 0 Å². The fourth-order valence-corrected chi connectivity index (χ4v) is 2.40. The van der Waals surface area contributed by atoms with Crippen molar-refractivity contribution in [2.24, 2.45) is 5.73 Å². The van der Waals surface area contributed by atoms with E-state index in [1.54, 1.807) is 0 Å². The Morgan fingerprint density at radius 2 is 1.48 bits per heavy atom. The first-order valence-corrected chi connectivity index (χ1v) is 6.89. The molecule has 0 saturated heterocycles. The average molecular weight is 315 g/mol. The molecule has 0 aliphatic rings. The Hall–Kier alpha value is -1.10. The lowest BCUT2D eigenvalue weighted by molar-refractivity contribution is -0.123. The smallest absolute Gasteiger partial charge is 0.239 e. The molecule has 0 aliphatic carbocycles. The number of carbonyl (C=O) groups is 1. The number of nitrogens with two attached hydrogens (primary N) is 1. The van der Waals surface area contributed by atoms with Gasteiger partial charge in [-0.3, -0.25) is 4.79 Å². The first-order valence-electron chi connectivity index (χ1n) is 6.89. The van der Waals surface area contributed by atoms with Crippen LogP contribution >= 0.6 is 12.4 Å². The van der Waals surface area contributed by atoms with Crippen LogP contribution in [0.15, 0.2) is 0 Å². The number of amides is 1. The molecular formula is C16H27ClN2O2. The maximum absolute atomic E-state index is 11.8. The number of hydrogen-bond donors (Lipinski definition) is 2. The Balaban J connectivity index is 0.00000400. The summed E-state index contributed by atoms with van der Waals surface area (Å²) < 4.78 is 4.89. The summed E-state index contributed by atoms with van der Waals surface area (Å²) >= 11 is 0. The molecule has 120 valence electrons. The van der Waals surface area contributed by atoms with E-state index in [9.17, 15) is 4.79 Å². The van der Waals surface area contributed by atoms with Crippen LogP contribution in [-0.2, 0) is 16.1 Å². The number of benzene rings is 1. The van der Waals surface area contributed by atoms with Crippen molar-refractivity contribution in [3.63, 3.8) is 0 Å². The molecule has 1 unspecified atom stereocenters. The normalized spacial score (nSPS) is 11.8. The standard InChI is InChI=1S/C16H26N2O2.ClH/c1-9-10(2)12(4)14(13(5)11(9)3)7-18-16(19)15(17)8-20-6;/h15H,7-8,17H2,1-6H3,(H,18,19);1H. The lowest BCUT2D eigenvalue weighted by atomic mass is 9.89. The molecule has 0 bridgehead atoms. The van der Waals surface area contributed by atoms with Gasteiger partial charge >= 0.3 is 0 Å². The summed E-state index contributed by atoms with van der Waals surface area (Å²) in [4.78, 5) is 11.8. The van der Waals surface area contributed by atoms with Crippen molar-refractivity contribution in [3.8, 4) is 0 Å². The van der Waals surface area contributed by atoms with E-state index in [0.717, 1.165) is 0 Å². The highest BCUT2D eigenvalue weighted by molar-refractivity contribution is 5.85. The number of methoxy groups -OCH3 is 1. The van der Waals surface area contributed by atoms with Gasteiger partial charge in [-0.25, -0.2) is 0 Å². The molecule has 1 rings (SSSR count). The van der Waals surface area contributed by atoms with Crippen LogP contribution in [0.25, 0.3) is 0 Å². The van der Waals surface area contributed by atoms with Gasteiger partial charge in [0.2, 0.25) is 5.91 Å².